The van der Waals surface area contributed by atoms with Crippen LogP contribution in [0.2, 0.25) is 0 Å². The van der Waals surface area contributed by atoms with Crippen LogP contribution in [0.3, 0.4) is 0 Å². The number of rotatable bonds is 4. The van der Waals surface area contributed by atoms with Crippen LogP contribution in [0.1, 0.15) is 37.6 Å². The van der Waals surface area contributed by atoms with Gasteiger partial charge in [0.1, 0.15) is 0 Å². The van der Waals surface area contributed by atoms with Crippen molar-refractivity contribution in [1.82, 2.24) is 5.32 Å². The van der Waals surface area contributed by atoms with Crippen molar-refractivity contribution in [3.8, 4) is 0 Å². The first kappa shape index (κ1) is 17.5. The number of para-hydroxylation sites is 1. The van der Waals surface area contributed by atoms with Crippen molar-refractivity contribution >= 4 is 28.8 Å². The van der Waals surface area contributed by atoms with Gasteiger partial charge in [0.05, 0.1) is 4.88 Å². The number of benzene rings is 2. The number of amides is 2. The highest BCUT2D eigenvalue weighted by atomic mass is 32.1. The molecule has 2 aromatic carbocycles. The number of carbonyl (C=O) groups is 2. The summed E-state index contributed by atoms with van der Waals surface area (Å²) in [7, 11) is 0. The van der Waals surface area contributed by atoms with Gasteiger partial charge in [-0.2, -0.15) is 0 Å². The smallest absolute Gasteiger partial charge is 0.261 e. The monoisotopic (exact) mass is 376 g/mol. The van der Waals surface area contributed by atoms with E-state index < -0.39 is 0 Å². The molecule has 0 unspecified atom stereocenters. The van der Waals surface area contributed by atoms with E-state index in [4.69, 9.17) is 0 Å². The molecule has 0 atom stereocenters. The van der Waals surface area contributed by atoms with Gasteiger partial charge < -0.3 is 10.2 Å². The van der Waals surface area contributed by atoms with Crippen LogP contribution in [0, 0.1) is 0 Å². The quantitative estimate of drug-likeness (QED) is 0.739. The molecule has 1 aliphatic heterocycles. The third-order valence-electron chi connectivity index (χ3n) is 4.75. The first-order chi connectivity index (χ1) is 13.2. The molecule has 0 spiro atoms. The maximum Gasteiger partial charge on any atom is 0.261 e. The number of thiophene rings is 1. The summed E-state index contributed by atoms with van der Waals surface area (Å²) in [6, 6.07) is 19.2. The fourth-order valence-electron chi connectivity index (χ4n) is 3.34. The van der Waals surface area contributed by atoms with Gasteiger partial charge in [-0.1, -0.05) is 36.4 Å². The number of hydrogen-bond acceptors (Lipinski definition) is 3. The van der Waals surface area contributed by atoms with Crippen LogP contribution in [0.25, 0.3) is 0 Å². The molecular weight excluding hydrogens is 356 g/mol. The topological polar surface area (TPSA) is 49.4 Å². The molecule has 0 saturated carbocycles. The van der Waals surface area contributed by atoms with Crippen molar-refractivity contribution in [2.75, 3.05) is 11.4 Å². The highest BCUT2D eigenvalue weighted by molar-refractivity contribution is 7.12. The number of nitrogens with one attached hydrogen (secondary N) is 1. The molecule has 4 rings (SSSR count). The number of anilines is 1. The normalized spacial score (nSPS) is 13.1. The summed E-state index contributed by atoms with van der Waals surface area (Å²) in [5.74, 6) is -0.0496. The highest BCUT2D eigenvalue weighted by Crippen LogP contribution is 2.28. The van der Waals surface area contributed by atoms with Crippen molar-refractivity contribution < 1.29 is 9.59 Å². The lowest BCUT2D eigenvalue weighted by atomic mass is 10.0. The minimum atomic E-state index is -0.0740. The Bertz CT molecular complexity index is 949. The minimum Gasteiger partial charge on any atom is -0.347 e. The van der Waals surface area contributed by atoms with Gasteiger partial charge in [0.15, 0.2) is 0 Å². The van der Waals surface area contributed by atoms with Crippen LogP contribution in [0.4, 0.5) is 5.69 Å². The molecule has 136 valence electrons. The SMILES string of the molecule is O=C(NCc1ccc(C(=O)N2CCCc3ccccc32)cc1)c1cccs1. The number of hydrogen-bond donors (Lipinski definition) is 1. The van der Waals surface area contributed by atoms with E-state index in [1.54, 1.807) is 6.07 Å². The van der Waals surface area contributed by atoms with Gasteiger partial charge in [-0.25, -0.2) is 0 Å². The fraction of sp³-hybridized carbons (Fsp3) is 0.182. The zero-order valence-corrected chi connectivity index (χ0v) is 15.7. The lowest BCUT2D eigenvalue weighted by Gasteiger charge is -2.29. The van der Waals surface area contributed by atoms with E-state index in [0.717, 1.165) is 30.6 Å². The average molecular weight is 376 g/mol. The molecule has 4 nitrogen and oxygen atoms in total. The van der Waals surface area contributed by atoms with Crippen LogP contribution in [0.15, 0.2) is 66.0 Å². The van der Waals surface area contributed by atoms with E-state index in [1.165, 1.54) is 16.9 Å². The number of aryl methyl sites for hydroxylation is 1. The van der Waals surface area contributed by atoms with E-state index in [9.17, 15) is 9.59 Å². The van der Waals surface area contributed by atoms with E-state index in [-0.39, 0.29) is 11.8 Å². The summed E-state index contributed by atoms with van der Waals surface area (Å²) in [4.78, 5) is 27.5. The van der Waals surface area contributed by atoms with Gasteiger partial charge in [-0.05, 0) is 53.6 Å². The molecule has 0 saturated heterocycles. The summed E-state index contributed by atoms with van der Waals surface area (Å²) in [5, 5.41) is 4.79. The zero-order valence-electron chi connectivity index (χ0n) is 14.9. The maximum absolute atomic E-state index is 13.0. The largest absolute Gasteiger partial charge is 0.347 e. The van der Waals surface area contributed by atoms with Crippen molar-refractivity contribution in [3.05, 3.63) is 87.6 Å². The summed E-state index contributed by atoms with van der Waals surface area (Å²) in [6.07, 6.45) is 2.00. The van der Waals surface area contributed by atoms with Gasteiger partial charge in [0.2, 0.25) is 0 Å². The molecule has 1 aromatic heterocycles. The molecule has 1 aliphatic rings. The predicted molar refractivity (Wildman–Crippen MR) is 108 cm³/mol. The average Bonchev–Trinajstić information content (AvgIpc) is 3.26. The van der Waals surface area contributed by atoms with Crippen LogP contribution in [-0.4, -0.2) is 18.4 Å². The first-order valence-electron chi connectivity index (χ1n) is 9.03. The molecule has 0 aliphatic carbocycles. The second-order valence-corrected chi connectivity index (χ2v) is 7.49. The molecule has 27 heavy (non-hydrogen) atoms. The third kappa shape index (κ3) is 3.78. The standard InChI is InChI=1S/C22H20N2O2S/c25-21(20-8-4-14-27-20)23-15-16-9-11-18(12-10-16)22(26)24-13-3-6-17-5-1-2-7-19(17)24/h1-2,4-5,7-12,14H,3,6,13,15H2,(H,23,25). The molecule has 1 N–H and O–H groups in total. The van der Waals surface area contributed by atoms with Crippen molar-refractivity contribution in [1.29, 1.82) is 0 Å². The molecule has 0 fully saturated rings. The van der Waals surface area contributed by atoms with Crippen LogP contribution < -0.4 is 10.2 Å². The van der Waals surface area contributed by atoms with E-state index in [0.29, 0.717) is 17.0 Å². The Balaban J connectivity index is 1.43. The Kier molecular flexibility index (Phi) is 5.03. The lowest BCUT2D eigenvalue weighted by Crippen LogP contribution is -2.35. The van der Waals surface area contributed by atoms with E-state index >= 15 is 0 Å². The summed E-state index contributed by atoms with van der Waals surface area (Å²) in [6.45, 7) is 1.19. The predicted octanol–water partition coefficient (Wildman–Crippen LogP) is 4.27. The van der Waals surface area contributed by atoms with Crippen molar-refractivity contribution in [3.63, 3.8) is 0 Å². The number of fused-ring (bicyclic) bond motifs is 1. The summed E-state index contributed by atoms with van der Waals surface area (Å²) >= 11 is 1.42. The summed E-state index contributed by atoms with van der Waals surface area (Å²) in [5.41, 5.74) is 3.88. The molecular formula is C22H20N2O2S. The van der Waals surface area contributed by atoms with Crippen LogP contribution in [0.5, 0.6) is 0 Å². The second kappa shape index (κ2) is 7.76. The fourth-order valence-corrected chi connectivity index (χ4v) is 3.98. The Morgan fingerprint density at radius 1 is 1.00 bits per heavy atom. The number of carbonyl (C=O) groups excluding carboxylic acids is 2. The molecule has 2 heterocycles. The van der Waals surface area contributed by atoms with Gasteiger partial charge >= 0.3 is 0 Å². The molecule has 5 heteroatoms. The van der Waals surface area contributed by atoms with Crippen molar-refractivity contribution in [2.45, 2.75) is 19.4 Å². The molecule has 0 bridgehead atoms. The Hall–Kier alpha value is -2.92. The Labute approximate surface area is 162 Å². The maximum atomic E-state index is 13.0. The van der Waals surface area contributed by atoms with Crippen LogP contribution in [-0.2, 0) is 13.0 Å². The lowest BCUT2D eigenvalue weighted by molar-refractivity contribution is 0.0952. The van der Waals surface area contributed by atoms with E-state index in [1.807, 2.05) is 58.8 Å². The minimum absolute atomic E-state index is 0.0244. The third-order valence-corrected chi connectivity index (χ3v) is 5.62. The van der Waals surface area contributed by atoms with Gasteiger partial charge in [0, 0.05) is 24.3 Å². The van der Waals surface area contributed by atoms with Crippen molar-refractivity contribution in [2.24, 2.45) is 0 Å². The second-order valence-electron chi connectivity index (χ2n) is 6.55. The Morgan fingerprint density at radius 2 is 1.81 bits per heavy atom. The van der Waals surface area contributed by atoms with Gasteiger partial charge in [-0.15, -0.1) is 11.3 Å². The highest BCUT2D eigenvalue weighted by Gasteiger charge is 2.23. The zero-order chi connectivity index (χ0) is 18.6. The van der Waals surface area contributed by atoms with E-state index in [2.05, 4.69) is 11.4 Å². The molecule has 3 aromatic rings. The number of nitrogens with zero attached hydrogens (tertiary/aromatic N) is 1. The molecule has 2 amide bonds. The van der Waals surface area contributed by atoms with Gasteiger partial charge in [0.25, 0.3) is 11.8 Å². The van der Waals surface area contributed by atoms with Crippen LogP contribution >= 0.6 is 11.3 Å². The first-order valence-corrected chi connectivity index (χ1v) is 9.91. The Morgan fingerprint density at radius 3 is 2.59 bits per heavy atom. The summed E-state index contributed by atoms with van der Waals surface area (Å²) < 4.78 is 0. The van der Waals surface area contributed by atoms with Gasteiger partial charge in [-0.3, -0.25) is 9.59 Å². The molecule has 0 radical (unpaired) electrons.